The van der Waals surface area contributed by atoms with E-state index >= 15 is 0 Å². The Hall–Kier alpha value is -0.990. The molecule has 0 fully saturated rings. The first-order chi connectivity index (χ1) is 7.63. The fraction of sp³-hybridized carbons (Fsp3) is 0.385. The predicted octanol–water partition coefficient (Wildman–Crippen LogP) is 3.10. The molecule has 1 aromatic rings. The lowest BCUT2D eigenvalue weighted by atomic mass is 10.0. The van der Waals surface area contributed by atoms with E-state index in [1.54, 1.807) is 0 Å². The lowest BCUT2D eigenvalue weighted by molar-refractivity contribution is 0.354. The average Bonchev–Trinajstić information content (AvgIpc) is 2.27. The van der Waals surface area contributed by atoms with Crippen LogP contribution in [0.15, 0.2) is 35.9 Å². The molecule has 0 amide bonds. The fourth-order valence-corrected chi connectivity index (χ4v) is 1.45. The molecule has 88 valence electrons. The van der Waals surface area contributed by atoms with Crippen molar-refractivity contribution in [2.75, 3.05) is 6.61 Å². The van der Waals surface area contributed by atoms with E-state index in [9.17, 15) is 0 Å². The zero-order chi connectivity index (χ0) is 12.0. The number of para-hydroxylation sites is 1. The Morgan fingerprint density at radius 1 is 1.50 bits per heavy atom. The van der Waals surface area contributed by atoms with Gasteiger partial charge in [0, 0.05) is 11.1 Å². The van der Waals surface area contributed by atoms with Crippen LogP contribution in [0.3, 0.4) is 0 Å². The first-order valence-electron chi connectivity index (χ1n) is 5.43. The smallest absolute Gasteiger partial charge is 0.123 e. The van der Waals surface area contributed by atoms with Gasteiger partial charge in [0.1, 0.15) is 12.4 Å². The van der Waals surface area contributed by atoms with E-state index in [1.165, 1.54) is 0 Å². The SMILES string of the molecule is C=C(Cl)COc1ccccc1CC(N)CC. The molecular weight excluding hydrogens is 222 g/mol. The molecule has 0 spiro atoms. The molecule has 16 heavy (non-hydrogen) atoms. The highest BCUT2D eigenvalue weighted by Gasteiger charge is 2.07. The first-order valence-corrected chi connectivity index (χ1v) is 5.80. The number of benzene rings is 1. The molecule has 0 radical (unpaired) electrons. The quantitative estimate of drug-likeness (QED) is 0.828. The van der Waals surface area contributed by atoms with Crippen LogP contribution in [0.4, 0.5) is 0 Å². The van der Waals surface area contributed by atoms with Crippen molar-refractivity contribution >= 4 is 11.6 Å². The Kier molecular flexibility index (Phi) is 5.36. The summed E-state index contributed by atoms with van der Waals surface area (Å²) in [4.78, 5) is 0. The summed E-state index contributed by atoms with van der Waals surface area (Å²) < 4.78 is 5.56. The van der Waals surface area contributed by atoms with E-state index in [4.69, 9.17) is 22.1 Å². The number of ether oxygens (including phenoxy) is 1. The first kappa shape index (κ1) is 13.1. The second kappa shape index (κ2) is 6.56. The van der Waals surface area contributed by atoms with Crippen molar-refractivity contribution in [2.24, 2.45) is 5.73 Å². The number of rotatable bonds is 6. The van der Waals surface area contributed by atoms with Crippen LogP contribution in [-0.4, -0.2) is 12.6 Å². The monoisotopic (exact) mass is 239 g/mol. The minimum atomic E-state index is 0.170. The lowest BCUT2D eigenvalue weighted by Gasteiger charge is -2.13. The number of halogens is 1. The van der Waals surface area contributed by atoms with E-state index < -0.39 is 0 Å². The maximum atomic E-state index is 5.93. The molecule has 0 aliphatic heterocycles. The summed E-state index contributed by atoms with van der Waals surface area (Å²) in [6.07, 6.45) is 1.78. The van der Waals surface area contributed by atoms with Crippen LogP contribution >= 0.6 is 11.6 Å². The molecule has 1 aromatic carbocycles. The summed E-state index contributed by atoms with van der Waals surface area (Å²) in [5, 5.41) is 0.495. The Morgan fingerprint density at radius 3 is 2.81 bits per heavy atom. The predicted molar refractivity (Wildman–Crippen MR) is 68.9 cm³/mol. The Morgan fingerprint density at radius 2 is 2.19 bits per heavy atom. The van der Waals surface area contributed by atoms with Gasteiger partial charge in [0.05, 0.1) is 0 Å². The number of nitrogens with two attached hydrogens (primary N) is 1. The van der Waals surface area contributed by atoms with Crippen LogP contribution in [0.5, 0.6) is 5.75 Å². The summed E-state index contributed by atoms with van der Waals surface area (Å²) in [5.74, 6) is 0.841. The molecule has 0 saturated carbocycles. The topological polar surface area (TPSA) is 35.2 Å². The van der Waals surface area contributed by atoms with Crippen molar-refractivity contribution < 1.29 is 4.74 Å². The highest BCUT2D eigenvalue weighted by molar-refractivity contribution is 6.29. The Labute approximate surface area is 102 Å². The van der Waals surface area contributed by atoms with Crippen LogP contribution < -0.4 is 10.5 Å². The maximum absolute atomic E-state index is 5.93. The van der Waals surface area contributed by atoms with Crippen molar-refractivity contribution in [3.63, 3.8) is 0 Å². The summed E-state index contributed by atoms with van der Waals surface area (Å²) >= 11 is 5.67. The molecule has 1 unspecified atom stereocenters. The van der Waals surface area contributed by atoms with Gasteiger partial charge in [-0.2, -0.15) is 0 Å². The summed E-state index contributed by atoms with van der Waals surface area (Å²) in [6.45, 7) is 6.00. The fourth-order valence-electron chi connectivity index (χ4n) is 1.40. The normalized spacial score (nSPS) is 12.2. The highest BCUT2D eigenvalue weighted by atomic mass is 35.5. The van der Waals surface area contributed by atoms with Crippen LogP contribution in [0.2, 0.25) is 0 Å². The van der Waals surface area contributed by atoms with Gasteiger partial charge in [-0.05, 0) is 24.5 Å². The minimum absolute atomic E-state index is 0.170. The summed E-state index contributed by atoms with van der Waals surface area (Å²) in [7, 11) is 0. The molecule has 2 N–H and O–H groups in total. The standard InChI is InChI=1S/C13H18ClNO/c1-3-12(15)8-11-6-4-5-7-13(11)16-9-10(2)14/h4-7,12H,2-3,8-9,15H2,1H3. The van der Waals surface area contributed by atoms with E-state index in [-0.39, 0.29) is 6.04 Å². The van der Waals surface area contributed by atoms with Crippen LogP contribution in [0.25, 0.3) is 0 Å². The minimum Gasteiger partial charge on any atom is -0.488 e. The lowest BCUT2D eigenvalue weighted by Crippen LogP contribution is -2.21. The molecule has 0 heterocycles. The third kappa shape index (κ3) is 4.25. The van der Waals surface area contributed by atoms with Crippen molar-refractivity contribution in [3.8, 4) is 5.75 Å². The zero-order valence-corrected chi connectivity index (χ0v) is 10.3. The Balaban J connectivity index is 2.71. The largest absolute Gasteiger partial charge is 0.488 e. The van der Waals surface area contributed by atoms with Gasteiger partial charge >= 0.3 is 0 Å². The van der Waals surface area contributed by atoms with Crippen molar-refractivity contribution in [3.05, 3.63) is 41.4 Å². The molecule has 0 aliphatic rings. The molecule has 3 heteroatoms. The van der Waals surface area contributed by atoms with Gasteiger partial charge in [0.2, 0.25) is 0 Å². The molecule has 1 rings (SSSR count). The van der Waals surface area contributed by atoms with Crippen LogP contribution in [0.1, 0.15) is 18.9 Å². The van der Waals surface area contributed by atoms with Crippen LogP contribution in [-0.2, 0) is 6.42 Å². The van der Waals surface area contributed by atoms with E-state index in [2.05, 4.69) is 13.5 Å². The molecule has 1 atom stereocenters. The van der Waals surface area contributed by atoms with Gasteiger partial charge in [0.25, 0.3) is 0 Å². The molecular formula is C13H18ClNO. The maximum Gasteiger partial charge on any atom is 0.123 e. The van der Waals surface area contributed by atoms with E-state index in [0.717, 1.165) is 24.2 Å². The number of hydrogen-bond donors (Lipinski definition) is 1. The molecule has 0 saturated heterocycles. The molecule has 0 aliphatic carbocycles. The molecule has 2 nitrogen and oxygen atoms in total. The van der Waals surface area contributed by atoms with Gasteiger partial charge in [-0.25, -0.2) is 0 Å². The third-order valence-corrected chi connectivity index (χ3v) is 2.47. The summed E-state index contributed by atoms with van der Waals surface area (Å²) in [5.41, 5.74) is 7.05. The van der Waals surface area contributed by atoms with E-state index in [1.807, 2.05) is 24.3 Å². The van der Waals surface area contributed by atoms with Gasteiger partial charge in [-0.15, -0.1) is 0 Å². The van der Waals surface area contributed by atoms with E-state index in [0.29, 0.717) is 11.6 Å². The Bertz CT molecular complexity index is 352. The summed E-state index contributed by atoms with van der Waals surface area (Å²) in [6, 6.07) is 8.05. The molecule has 0 aromatic heterocycles. The average molecular weight is 240 g/mol. The molecule has 0 bridgehead atoms. The van der Waals surface area contributed by atoms with Crippen molar-refractivity contribution in [1.82, 2.24) is 0 Å². The number of hydrogen-bond acceptors (Lipinski definition) is 2. The van der Waals surface area contributed by atoms with Gasteiger partial charge in [-0.1, -0.05) is 43.3 Å². The second-order valence-corrected chi connectivity index (χ2v) is 4.32. The highest BCUT2D eigenvalue weighted by Crippen LogP contribution is 2.20. The third-order valence-electron chi connectivity index (χ3n) is 2.36. The van der Waals surface area contributed by atoms with Gasteiger partial charge in [0.15, 0.2) is 0 Å². The second-order valence-electron chi connectivity index (χ2n) is 3.79. The van der Waals surface area contributed by atoms with Crippen molar-refractivity contribution in [1.29, 1.82) is 0 Å². The van der Waals surface area contributed by atoms with Crippen LogP contribution in [0, 0.1) is 0 Å². The van der Waals surface area contributed by atoms with Gasteiger partial charge in [-0.3, -0.25) is 0 Å². The zero-order valence-electron chi connectivity index (χ0n) is 9.58. The van der Waals surface area contributed by atoms with Crippen molar-refractivity contribution in [2.45, 2.75) is 25.8 Å². The van der Waals surface area contributed by atoms with Gasteiger partial charge < -0.3 is 10.5 Å².